The first-order valence-corrected chi connectivity index (χ1v) is 9.52. The molecule has 1 aromatic carbocycles. The predicted molar refractivity (Wildman–Crippen MR) is 99.8 cm³/mol. The number of carbonyl (C=O) groups excluding carboxylic acids is 2. The third-order valence-electron chi connectivity index (χ3n) is 5.23. The van der Waals surface area contributed by atoms with Crippen molar-refractivity contribution in [3.8, 4) is 0 Å². The average molecular weight is 364 g/mol. The van der Waals surface area contributed by atoms with Gasteiger partial charge in [0.1, 0.15) is 0 Å². The van der Waals surface area contributed by atoms with Gasteiger partial charge >= 0.3 is 0 Å². The van der Waals surface area contributed by atoms with Gasteiger partial charge in [-0.2, -0.15) is 0 Å². The minimum Gasteiger partial charge on any atom is -0.342 e. The van der Waals surface area contributed by atoms with E-state index in [1.54, 1.807) is 11.0 Å². The molecule has 1 N–H and O–H groups in total. The molecule has 2 aliphatic heterocycles. The Balaban J connectivity index is 1.58. The molecule has 0 spiro atoms. The summed E-state index contributed by atoms with van der Waals surface area (Å²) in [6.07, 6.45) is 2.35. The van der Waals surface area contributed by atoms with Gasteiger partial charge < -0.3 is 15.1 Å². The van der Waals surface area contributed by atoms with E-state index in [1.807, 2.05) is 23.1 Å². The van der Waals surface area contributed by atoms with Crippen molar-refractivity contribution in [1.82, 2.24) is 10.2 Å². The van der Waals surface area contributed by atoms with Crippen LogP contribution in [0, 0.1) is 11.8 Å². The second-order valence-electron chi connectivity index (χ2n) is 6.93. The molecule has 0 saturated carbocycles. The van der Waals surface area contributed by atoms with Crippen LogP contribution in [0.4, 0.5) is 5.69 Å². The maximum atomic E-state index is 12.8. The molecule has 0 bridgehead atoms. The maximum Gasteiger partial charge on any atom is 0.228 e. The maximum absolute atomic E-state index is 12.8. The molecule has 0 aromatic heterocycles. The summed E-state index contributed by atoms with van der Waals surface area (Å²) in [4.78, 5) is 28.8. The molecule has 5 nitrogen and oxygen atoms in total. The van der Waals surface area contributed by atoms with Crippen LogP contribution in [0.25, 0.3) is 0 Å². The lowest BCUT2D eigenvalue weighted by atomic mass is 9.95. The standard InChI is InChI=1S/C19H26ClN3O2/c1-2-21-12-14-7-9-22(10-8-14)19(25)15-11-18(24)23(13-15)17-6-4-3-5-16(17)20/h3-6,14-15,21H,2,7-13H2,1H3. The number of benzene rings is 1. The number of hydrogen-bond acceptors (Lipinski definition) is 3. The van der Waals surface area contributed by atoms with Crippen molar-refractivity contribution in [3.05, 3.63) is 29.3 Å². The van der Waals surface area contributed by atoms with Crippen LogP contribution in [-0.2, 0) is 9.59 Å². The summed E-state index contributed by atoms with van der Waals surface area (Å²) in [6.45, 7) is 6.15. The van der Waals surface area contributed by atoms with Gasteiger partial charge in [0.05, 0.1) is 16.6 Å². The van der Waals surface area contributed by atoms with Crippen molar-refractivity contribution < 1.29 is 9.59 Å². The van der Waals surface area contributed by atoms with Gasteiger partial charge in [-0.15, -0.1) is 0 Å². The Bertz CT molecular complexity index is 629. The van der Waals surface area contributed by atoms with Gasteiger partial charge in [0.25, 0.3) is 0 Å². The Morgan fingerprint density at radius 2 is 2.00 bits per heavy atom. The number of halogens is 1. The van der Waals surface area contributed by atoms with Crippen molar-refractivity contribution in [2.45, 2.75) is 26.2 Å². The SMILES string of the molecule is CCNCC1CCN(C(=O)C2CC(=O)N(c3ccccc3Cl)C2)CC1. The second-order valence-corrected chi connectivity index (χ2v) is 7.34. The molecule has 25 heavy (non-hydrogen) atoms. The molecule has 1 unspecified atom stereocenters. The molecule has 1 aromatic rings. The molecular weight excluding hydrogens is 338 g/mol. The number of piperidine rings is 1. The van der Waals surface area contributed by atoms with Crippen LogP contribution in [0.2, 0.25) is 5.02 Å². The highest BCUT2D eigenvalue weighted by atomic mass is 35.5. The number of carbonyl (C=O) groups is 2. The Morgan fingerprint density at radius 3 is 2.68 bits per heavy atom. The van der Waals surface area contributed by atoms with Crippen LogP contribution >= 0.6 is 11.6 Å². The summed E-state index contributed by atoms with van der Waals surface area (Å²) in [6, 6.07) is 7.30. The highest BCUT2D eigenvalue weighted by molar-refractivity contribution is 6.33. The molecule has 6 heteroatoms. The largest absolute Gasteiger partial charge is 0.342 e. The second kappa shape index (κ2) is 8.19. The van der Waals surface area contributed by atoms with E-state index >= 15 is 0 Å². The zero-order chi connectivity index (χ0) is 17.8. The molecule has 0 aliphatic carbocycles. The van der Waals surface area contributed by atoms with Crippen LogP contribution < -0.4 is 10.2 Å². The minimum atomic E-state index is -0.255. The normalized spacial score (nSPS) is 21.8. The first-order valence-electron chi connectivity index (χ1n) is 9.14. The molecule has 2 saturated heterocycles. The Morgan fingerprint density at radius 1 is 1.28 bits per heavy atom. The van der Waals surface area contributed by atoms with Gasteiger partial charge in [-0.25, -0.2) is 0 Å². The molecule has 2 fully saturated rings. The Labute approximate surface area is 154 Å². The highest BCUT2D eigenvalue weighted by Crippen LogP contribution is 2.32. The number of amides is 2. The van der Waals surface area contributed by atoms with Crippen LogP contribution in [0.15, 0.2) is 24.3 Å². The summed E-state index contributed by atoms with van der Waals surface area (Å²) < 4.78 is 0. The molecule has 2 aliphatic rings. The molecule has 2 amide bonds. The zero-order valence-corrected chi connectivity index (χ0v) is 15.5. The van der Waals surface area contributed by atoms with Gasteiger partial charge in [0.15, 0.2) is 0 Å². The number of nitrogens with one attached hydrogen (secondary N) is 1. The van der Waals surface area contributed by atoms with E-state index in [0.717, 1.165) is 39.0 Å². The third-order valence-corrected chi connectivity index (χ3v) is 5.55. The Hall–Kier alpha value is -1.59. The van der Waals surface area contributed by atoms with Gasteiger partial charge in [0, 0.05) is 26.1 Å². The van der Waals surface area contributed by atoms with Gasteiger partial charge in [0.2, 0.25) is 11.8 Å². The average Bonchev–Trinajstić information content (AvgIpc) is 3.02. The van der Waals surface area contributed by atoms with E-state index in [9.17, 15) is 9.59 Å². The van der Waals surface area contributed by atoms with Gasteiger partial charge in [-0.05, 0) is 44.0 Å². The lowest BCUT2D eigenvalue weighted by Gasteiger charge is -2.33. The number of para-hydroxylation sites is 1. The third kappa shape index (κ3) is 4.15. The number of hydrogen-bond donors (Lipinski definition) is 1. The van der Waals surface area contributed by atoms with E-state index in [2.05, 4.69) is 12.2 Å². The van der Waals surface area contributed by atoms with E-state index < -0.39 is 0 Å². The lowest BCUT2D eigenvalue weighted by molar-refractivity contribution is -0.137. The fourth-order valence-corrected chi connectivity index (χ4v) is 3.98. The topological polar surface area (TPSA) is 52.7 Å². The summed E-state index contributed by atoms with van der Waals surface area (Å²) in [7, 11) is 0. The summed E-state index contributed by atoms with van der Waals surface area (Å²) in [5, 5.41) is 3.93. The first kappa shape index (κ1) is 18.2. The molecular formula is C19H26ClN3O2. The van der Waals surface area contributed by atoms with Crippen LogP contribution in [0.3, 0.4) is 0 Å². The molecule has 0 radical (unpaired) electrons. The monoisotopic (exact) mass is 363 g/mol. The first-order chi connectivity index (χ1) is 12.1. The van der Waals surface area contributed by atoms with Gasteiger partial charge in [-0.3, -0.25) is 9.59 Å². The quantitative estimate of drug-likeness (QED) is 0.874. The van der Waals surface area contributed by atoms with Crippen molar-refractivity contribution in [2.24, 2.45) is 11.8 Å². The molecule has 1 atom stereocenters. The minimum absolute atomic E-state index is 0.0199. The van der Waals surface area contributed by atoms with Crippen molar-refractivity contribution in [2.75, 3.05) is 37.6 Å². The van der Waals surface area contributed by atoms with Gasteiger partial charge in [-0.1, -0.05) is 30.7 Å². The van der Waals surface area contributed by atoms with Crippen LogP contribution in [0.1, 0.15) is 26.2 Å². The Kier molecular flexibility index (Phi) is 5.97. The van der Waals surface area contributed by atoms with Crippen LogP contribution in [-0.4, -0.2) is 49.4 Å². The smallest absolute Gasteiger partial charge is 0.228 e. The highest BCUT2D eigenvalue weighted by Gasteiger charge is 2.38. The van der Waals surface area contributed by atoms with E-state index in [4.69, 9.17) is 11.6 Å². The number of anilines is 1. The lowest BCUT2D eigenvalue weighted by Crippen LogP contribution is -2.44. The van der Waals surface area contributed by atoms with Crippen molar-refractivity contribution in [1.29, 1.82) is 0 Å². The van der Waals surface area contributed by atoms with E-state index in [-0.39, 0.29) is 24.2 Å². The number of likely N-dealkylation sites (tertiary alicyclic amines) is 1. The van der Waals surface area contributed by atoms with E-state index in [0.29, 0.717) is 23.2 Å². The van der Waals surface area contributed by atoms with Crippen molar-refractivity contribution >= 4 is 29.1 Å². The number of rotatable bonds is 5. The fraction of sp³-hybridized carbons (Fsp3) is 0.579. The van der Waals surface area contributed by atoms with Crippen molar-refractivity contribution in [3.63, 3.8) is 0 Å². The molecule has 136 valence electrons. The summed E-state index contributed by atoms with van der Waals surface area (Å²) in [5.41, 5.74) is 0.703. The summed E-state index contributed by atoms with van der Waals surface area (Å²) in [5.74, 6) is 0.487. The predicted octanol–water partition coefficient (Wildman–Crippen LogP) is 2.54. The number of nitrogens with zero attached hydrogens (tertiary/aromatic N) is 2. The summed E-state index contributed by atoms with van der Waals surface area (Å²) >= 11 is 6.21. The fourth-order valence-electron chi connectivity index (χ4n) is 3.74. The van der Waals surface area contributed by atoms with Crippen LogP contribution in [0.5, 0.6) is 0 Å². The molecule has 2 heterocycles. The molecule has 3 rings (SSSR count). The zero-order valence-electron chi connectivity index (χ0n) is 14.7. The van der Waals surface area contributed by atoms with E-state index in [1.165, 1.54) is 0 Å².